The van der Waals surface area contributed by atoms with Crippen LogP contribution in [0.5, 0.6) is 0 Å². The lowest BCUT2D eigenvalue weighted by atomic mass is 9.67. The lowest BCUT2D eigenvalue weighted by Gasteiger charge is -2.45. The maximum Gasteiger partial charge on any atom is 0.220 e. The molecule has 0 spiro atoms. The van der Waals surface area contributed by atoms with Gasteiger partial charge in [-0.1, -0.05) is 12.5 Å². The zero-order valence-corrected chi connectivity index (χ0v) is 13.0. The molecule has 2 unspecified atom stereocenters. The molecule has 3 N–H and O–H groups in total. The molecular weight excluding hydrogens is 283 g/mol. The maximum atomic E-state index is 11.8. The Bertz CT molecular complexity index is 285. The summed E-state index contributed by atoms with van der Waals surface area (Å²) in [5, 5.41) is 3.23. The van der Waals surface area contributed by atoms with Crippen LogP contribution in [-0.2, 0) is 4.79 Å². The second-order valence-electron chi connectivity index (χ2n) is 5.60. The lowest BCUT2D eigenvalue weighted by molar-refractivity contribution is -0.123. The van der Waals surface area contributed by atoms with Gasteiger partial charge >= 0.3 is 0 Å². The van der Waals surface area contributed by atoms with E-state index in [2.05, 4.69) is 11.9 Å². The molecule has 0 radical (unpaired) electrons. The van der Waals surface area contributed by atoms with E-state index >= 15 is 0 Å². The van der Waals surface area contributed by atoms with Gasteiger partial charge in [-0.15, -0.1) is 31.4 Å². The first-order valence-electron chi connectivity index (χ1n) is 6.86. The van der Waals surface area contributed by atoms with Crippen LogP contribution >= 0.6 is 24.8 Å². The molecule has 2 aliphatic rings. The Labute approximate surface area is 128 Å². The molecule has 19 heavy (non-hydrogen) atoms. The molecule has 0 saturated heterocycles. The number of carbonyl (C=O) groups excluding carboxylic acids is 1. The van der Waals surface area contributed by atoms with Gasteiger partial charge in [0.05, 0.1) is 0 Å². The smallest absolute Gasteiger partial charge is 0.220 e. The van der Waals surface area contributed by atoms with E-state index in [1.165, 1.54) is 19.3 Å². The van der Waals surface area contributed by atoms with Gasteiger partial charge in [-0.05, 0) is 43.9 Å². The van der Waals surface area contributed by atoms with Crippen molar-refractivity contribution in [3.8, 4) is 0 Å². The number of allylic oxidation sites excluding steroid dienone is 1. The molecule has 2 aliphatic carbocycles. The molecule has 2 fully saturated rings. The fourth-order valence-electron chi connectivity index (χ4n) is 3.52. The summed E-state index contributed by atoms with van der Waals surface area (Å²) >= 11 is 0. The molecule has 2 rings (SSSR count). The monoisotopic (exact) mass is 308 g/mol. The molecule has 2 bridgehead atoms. The van der Waals surface area contributed by atoms with Crippen LogP contribution < -0.4 is 11.1 Å². The van der Waals surface area contributed by atoms with E-state index in [1.807, 2.05) is 0 Å². The first kappa shape index (κ1) is 18.8. The van der Waals surface area contributed by atoms with Crippen LogP contribution in [0.25, 0.3) is 0 Å². The van der Waals surface area contributed by atoms with Crippen molar-refractivity contribution >= 4 is 30.7 Å². The normalized spacial score (nSPS) is 32.5. The van der Waals surface area contributed by atoms with E-state index < -0.39 is 0 Å². The lowest BCUT2D eigenvalue weighted by Crippen LogP contribution is -2.53. The van der Waals surface area contributed by atoms with Crippen LogP contribution in [0, 0.1) is 11.8 Å². The van der Waals surface area contributed by atoms with Crippen LogP contribution in [0.2, 0.25) is 0 Å². The van der Waals surface area contributed by atoms with E-state index in [4.69, 9.17) is 5.73 Å². The Morgan fingerprint density at radius 2 is 1.84 bits per heavy atom. The van der Waals surface area contributed by atoms with Crippen molar-refractivity contribution in [2.75, 3.05) is 0 Å². The van der Waals surface area contributed by atoms with Crippen molar-refractivity contribution in [2.24, 2.45) is 17.6 Å². The van der Waals surface area contributed by atoms with Gasteiger partial charge in [0.25, 0.3) is 0 Å². The quantitative estimate of drug-likeness (QED) is 0.785. The molecule has 0 aromatic rings. The van der Waals surface area contributed by atoms with Gasteiger partial charge in [0.2, 0.25) is 5.91 Å². The molecule has 1 amide bonds. The fourth-order valence-corrected chi connectivity index (χ4v) is 3.52. The van der Waals surface area contributed by atoms with Crippen molar-refractivity contribution in [3.05, 3.63) is 12.7 Å². The summed E-state index contributed by atoms with van der Waals surface area (Å²) in [6.45, 7) is 3.65. The van der Waals surface area contributed by atoms with Crippen LogP contribution in [0.15, 0.2) is 12.7 Å². The second kappa shape index (κ2) is 8.83. The molecular formula is C14H26Cl2N2O. The van der Waals surface area contributed by atoms with Crippen molar-refractivity contribution in [1.29, 1.82) is 0 Å². The van der Waals surface area contributed by atoms with E-state index in [0.29, 0.717) is 30.3 Å². The van der Waals surface area contributed by atoms with Crippen LogP contribution in [-0.4, -0.2) is 18.0 Å². The van der Waals surface area contributed by atoms with Gasteiger partial charge in [0.15, 0.2) is 0 Å². The van der Waals surface area contributed by atoms with E-state index in [-0.39, 0.29) is 30.7 Å². The van der Waals surface area contributed by atoms with Gasteiger partial charge in [-0.25, -0.2) is 0 Å². The second-order valence-corrected chi connectivity index (χ2v) is 5.60. The number of halogens is 2. The first-order valence-corrected chi connectivity index (χ1v) is 6.86. The minimum Gasteiger partial charge on any atom is -0.353 e. The van der Waals surface area contributed by atoms with Gasteiger partial charge < -0.3 is 11.1 Å². The van der Waals surface area contributed by atoms with Crippen LogP contribution in [0.3, 0.4) is 0 Å². The highest BCUT2D eigenvalue weighted by Gasteiger charge is 2.39. The summed E-state index contributed by atoms with van der Waals surface area (Å²) in [6.07, 6.45) is 9.09. The molecule has 2 saturated carbocycles. The van der Waals surface area contributed by atoms with Crippen molar-refractivity contribution < 1.29 is 4.79 Å². The summed E-state index contributed by atoms with van der Waals surface area (Å²) in [4.78, 5) is 11.8. The van der Waals surface area contributed by atoms with Crippen molar-refractivity contribution in [1.82, 2.24) is 5.32 Å². The SMILES string of the molecule is C=CCCC(=O)NC1C2CCCC1CC(N)C2.Cl.Cl. The minimum atomic E-state index is 0. The van der Waals surface area contributed by atoms with Crippen molar-refractivity contribution in [2.45, 2.75) is 57.0 Å². The summed E-state index contributed by atoms with van der Waals surface area (Å²) < 4.78 is 0. The molecule has 112 valence electrons. The Morgan fingerprint density at radius 1 is 1.26 bits per heavy atom. The highest BCUT2D eigenvalue weighted by Crippen LogP contribution is 2.39. The summed E-state index contributed by atoms with van der Waals surface area (Å²) in [5.41, 5.74) is 6.07. The fraction of sp³-hybridized carbons (Fsp3) is 0.786. The van der Waals surface area contributed by atoms with E-state index in [1.54, 1.807) is 6.08 Å². The number of nitrogens with two attached hydrogens (primary N) is 1. The predicted octanol–water partition coefficient (Wildman–Crippen LogP) is 2.82. The largest absolute Gasteiger partial charge is 0.353 e. The topological polar surface area (TPSA) is 55.1 Å². The molecule has 0 aromatic carbocycles. The van der Waals surface area contributed by atoms with Gasteiger partial charge in [-0.2, -0.15) is 0 Å². The number of hydrogen-bond acceptors (Lipinski definition) is 2. The number of amides is 1. The predicted molar refractivity (Wildman–Crippen MR) is 83.9 cm³/mol. The number of carbonyl (C=O) groups is 1. The average Bonchev–Trinajstić information content (AvgIpc) is 2.27. The Balaban J connectivity index is 0.00000162. The minimum absolute atomic E-state index is 0. The average molecular weight is 309 g/mol. The molecule has 0 aliphatic heterocycles. The zero-order chi connectivity index (χ0) is 12.3. The summed E-state index contributed by atoms with van der Waals surface area (Å²) in [5.74, 6) is 1.41. The number of hydrogen-bond donors (Lipinski definition) is 2. The summed E-state index contributed by atoms with van der Waals surface area (Å²) in [6, 6.07) is 0.743. The van der Waals surface area contributed by atoms with Gasteiger partial charge in [0, 0.05) is 18.5 Å². The van der Waals surface area contributed by atoms with Gasteiger partial charge in [0.1, 0.15) is 0 Å². The molecule has 0 heterocycles. The zero-order valence-electron chi connectivity index (χ0n) is 11.3. The highest BCUT2D eigenvalue weighted by molar-refractivity contribution is 5.85. The molecule has 5 heteroatoms. The maximum absolute atomic E-state index is 11.8. The first-order chi connectivity index (χ1) is 8.20. The standard InChI is InChI=1S/C14H24N2O.2ClH/c1-2-3-7-13(17)16-14-10-5-4-6-11(14)9-12(15)8-10;;/h2,10-12,14H,1,3-9,15H2,(H,16,17);2*1H. The third kappa shape index (κ3) is 4.97. The Hall–Kier alpha value is -0.250. The third-order valence-electron chi connectivity index (χ3n) is 4.28. The van der Waals surface area contributed by atoms with E-state index in [9.17, 15) is 4.79 Å². The third-order valence-corrected chi connectivity index (χ3v) is 4.28. The highest BCUT2D eigenvalue weighted by atomic mass is 35.5. The molecule has 3 nitrogen and oxygen atoms in total. The molecule has 2 atom stereocenters. The van der Waals surface area contributed by atoms with Gasteiger partial charge in [-0.3, -0.25) is 4.79 Å². The molecule has 0 aromatic heterocycles. The Morgan fingerprint density at radius 3 is 2.37 bits per heavy atom. The van der Waals surface area contributed by atoms with Crippen LogP contribution in [0.4, 0.5) is 0 Å². The van der Waals surface area contributed by atoms with E-state index in [0.717, 1.165) is 19.3 Å². The number of rotatable bonds is 4. The van der Waals surface area contributed by atoms with Crippen LogP contribution in [0.1, 0.15) is 44.9 Å². The Kier molecular flexibility index (Phi) is 8.71. The number of nitrogens with one attached hydrogen (secondary N) is 1. The van der Waals surface area contributed by atoms with Crippen molar-refractivity contribution in [3.63, 3.8) is 0 Å². The summed E-state index contributed by atoms with van der Waals surface area (Å²) in [7, 11) is 0. The number of fused-ring (bicyclic) bond motifs is 2.